The summed E-state index contributed by atoms with van der Waals surface area (Å²) in [5, 5.41) is 3.95. The smallest absolute Gasteiger partial charge is 0.131 e. The minimum atomic E-state index is 0.904. The average molecular weight is 213 g/mol. The minimum Gasteiger partial charge on any atom is -0.364 e. The molecule has 0 bridgehead atoms. The standard InChI is InChI=1S/C14H15NO/c1-10-14(9-16-15-10)13-5-3-2-4-12(13)8-11-6-7-11/h2-5,9,11H,6-8H2,1H3. The summed E-state index contributed by atoms with van der Waals surface area (Å²) in [6.45, 7) is 1.99. The number of aromatic nitrogens is 1. The van der Waals surface area contributed by atoms with Crippen molar-refractivity contribution in [3.8, 4) is 11.1 Å². The predicted octanol–water partition coefficient (Wildman–Crippen LogP) is 3.60. The highest BCUT2D eigenvalue weighted by Crippen LogP contribution is 2.36. The van der Waals surface area contributed by atoms with Crippen LogP contribution in [0.5, 0.6) is 0 Å². The molecule has 0 N–H and O–H groups in total. The molecule has 82 valence electrons. The first kappa shape index (κ1) is 9.64. The fourth-order valence-corrected chi connectivity index (χ4v) is 2.14. The Kier molecular flexibility index (Phi) is 2.28. The van der Waals surface area contributed by atoms with Crippen LogP contribution in [0.25, 0.3) is 11.1 Å². The fourth-order valence-electron chi connectivity index (χ4n) is 2.14. The molecule has 1 saturated carbocycles. The van der Waals surface area contributed by atoms with Crippen molar-refractivity contribution in [1.29, 1.82) is 0 Å². The third kappa shape index (κ3) is 1.75. The maximum Gasteiger partial charge on any atom is 0.131 e. The van der Waals surface area contributed by atoms with Gasteiger partial charge in [0.2, 0.25) is 0 Å². The van der Waals surface area contributed by atoms with E-state index in [4.69, 9.17) is 4.52 Å². The van der Waals surface area contributed by atoms with Gasteiger partial charge in [-0.15, -0.1) is 0 Å². The van der Waals surface area contributed by atoms with Crippen LogP contribution in [-0.2, 0) is 6.42 Å². The lowest BCUT2D eigenvalue weighted by molar-refractivity contribution is 0.415. The second-order valence-corrected chi connectivity index (χ2v) is 4.62. The lowest BCUT2D eigenvalue weighted by atomic mass is 9.97. The molecule has 1 aliphatic rings. The van der Waals surface area contributed by atoms with Gasteiger partial charge in [0.25, 0.3) is 0 Å². The molecule has 0 unspecified atom stereocenters. The molecule has 1 heterocycles. The zero-order valence-electron chi connectivity index (χ0n) is 9.44. The average Bonchev–Trinajstić information content (AvgIpc) is 3.00. The van der Waals surface area contributed by atoms with E-state index in [-0.39, 0.29) is 0 Å². The molecule has 2 aromatic rings. The van der Waals surface area contributed by atoms with Crippen LogP contribution in [0.1, 0.15) is 24.1 Å². The highest BCUT2D eigenvalue weighted by atomic mass is 16.5. The Morgan fingerprint density at radius 1 is 1.25 bits per heavy atom. The van der Waals surface area contributed by atoms with Gasteiger partial charge in [-0.3, -0.25) is 0 Å². The highest BCUT2D eigenvalue weighted by molar-refractivity contribution is 5.68. The Bertz CT molecular complexity index is 497. The maximum atomic E-state index is 5.03. The summed E-state index contributed by atoms with van der Waals surface area (Å²) in [4.78, 5) is 0. The van der Waals surface area contributed by atoms with E-state index < -0.39 is 0 Å². The van der Waals surface area contributed by atoms with Gasteiger partial charge >= 0.3 is 0 Å². The summed E-state index contributed by atoms with van der Waals surface area (Å²) < 4.78 is 5.03. The molecular weight excluding hydrogens is 198 g/mol. The Hall–Kier alpha value is -1.57. The van der Waals surface area contributed by atoms with Gasteiger partial charge < -0.3 is 4.52 Å². The third-order valence-electron chi connectivity index (χ3n) is 3.26. The van der Waals surface area contributed by atoms with Crippen molar-refractivity contribution in [3.63, 3.8) is 0 Å². The van der Waals surface area contributed by atoms with E-state index in [0.717, 1.165) is 17.2 Å². The van der Waals surface area contributed by atoms with Crippen molar-refractivity contribution in [1.82, 2.24) is 5.16 Å². The summed E-state index contributed by atoms with van der Waals surface area (Å²) in [6, 6.07) is 8.58. The Balaban J connectivity index is 2.01. The van der Waals surface area contributed by atoms with E-state index in [9.17, 15) is 0 Å². The largest absolute Gasteiger partial charge is 0.364 e. The van der Waals surface area contributed by atoms with Gasteiger partial charge in [0, 0.05) is 5.56 Å². The Morgan fingerprint density at radius 3 is 2.75 bits per heavy atom. The number of hydrogen-bond acceptors (Lipinski definition) is 2. The van der Waals surface area contributed by atoms with E-state index in [2.05, 4.69) is 29.4 Å². The monoisotopic (exact) mass is 213 g/mol. The first-order valence-corrected chi connectivity index (χ1v) is 5.84. The molecule has 0 radical (unpaired) electrons. The van der Waals surface area contributed by atoms with E-state index in [1.807, 2.05) is 6.92 Å². The SMILES string of the molecule is Cc1nocc1-c1ccccc1CC1CC1. The zero-order valence-corrected chi connectivity index (χ0v) is 9.44. The molecule has 0 spiro atoms. The van der Waals surface area contributed by atoms with Crippen LogP contribution < -0.4 is 0 Å². The van der Waals surface area contributed by atoms with Crippen LogP contribution >= 0.6 is 0 Å². The normalized spacial score (nSPS) is 15.3. The van der Waals surface area contributed by atoms with Crippen LogP contribution in [0.2, 0.25) is 0 Å². The van der Waals surface area contributed by atoms with Crippen molar-refractivity contribution < 1.29 is 4.52 Å². The van der Waals surface area contributed by atoms with Crippen LogP contribution in [0, 0.1) is 12.8 Å². The Morgan fingerprint density at radius 2 is 2.06 bits per heavy atom. The molecule has 1 aliphatic carbocycles. The molecule has 1 aromatic carbocycles. The van der Waals surface area contributed by atoms with Gasteiger partial charge in [-0.05, 0) is 43.2 Å². The lowest BCUT2D eigenvalue weighted by Crippen LogP contribution is -1.91. The lowest BCUT2D eigenvalue weighted by Gasteiger charge is -2.07. The van der Waals surface area contributed by atoms with Crippen molar-refractivity contribution in [3.05, 3.63) is 41.8 Å². The molecule has 0 atom stereocenters. The van der Waals surface area contributed by atoms with E-state index in [1.54, 1.807) is 6.26 Å². The Labute approximate surface area is 95.3 Å². The first-order valence-electron chi connectivity index (χ1n) is 5.84. The van der Waals surface area contributed by atoms with Gasteiger partial charge in [0.1, 0.15) is 6.26 Å². The predicted molar refractivity (Wildman–Crippen MR) is 63.1 cm³/mol. The zero-order chi connectivity index (χ0) is 11.0. The summed E-state index contributed by atoms with van der Waals surface area (Å²) in [7, 11) is 0. The number of aryl methyl sites for hydroxylation is 1. The molecule has 1 aromatic heterocycles. The number of rotatable bonds is 3. The summed E-state index contributed by atoms with van der Waals surface area (Å²) in [6.07, 6.45) is 5.72. The van der Waals surface area contributed by atoms with Crippen LogP contribution in [0.3, 0.4) is 0 Å². The highest BCUT2D eigenvalue weighted by Gasteiger charge is 2.23. The second-order valence-electron chi connectivity index (χ2n) is 4.62. The quantitative estimate of drug-likeness (QED) is 0.778. The maximum absolute atomic E-state index is 5.03. The number of nitrogens with zero attached hydrogens (tertiary/aromatic N) is 1. The molecule has 3 rings (SSSR count). The van der Waals surface area contributed by atoms with Gasteiger partial charge in [0.15, 0.2) is 0 Å². The second kappa shape index (κ2) is 3.78. The van der Waals surface area contributed by atoms with Crippen LogP contribution in [0.4, 0.5) is 0 Å². The van der Waals surface area contributed by atoms with Crippen molar-refractivity contribution in [2.24, 2.45) is 5.92 Å². The minimum absolute atomic E-state index is 0.904. The van der Waals surface area contributed by atoms with Crippen molar-refractivity contribution in [2.45, 2.75) is 26.2 Å². The third-order valence-corrected chi connectivity index (χ3v) is 3.26. The number of benzene rings is 1. The molecule has 0 saturated heterocycles. The van der Waals surface area contributed by atoms with Gasteiger partial charge in [0.05, 0.1) is 5.69 Å². The fraction of sp³-hybridized carbons (Fsp3) is 0.357. The van der Waals surface area contributed by atoms with E-state index in [1.165, 1.54) is 30.4 Å². The van der Waals surface area contributed by atoms with Gasteiger partial charge in [-0.25, -0.2) is 0 Å². The van der Waals surface area contributed by atoms with Crippen molar-refractivity contribution >= 4 is 0 Å². The summed E-state index contributed by atoms with van der Waals surface area (Å²) in [5.41, 5.74) is 4.82. The molecule has 2 nitrogen and oxygen atoms in total. The van der Waals surface area contributed by atoms with Crippen LogP contribution in [0.15, 0.2) is 35.1 Å². The molecule has 2 heteroatoms. The van der Waals surface area contributed by atoms with E-state index in [0.29, 0.717) is 0 Å². The molecule has 1 fully saturated rings. The number of hydrogen-bond donors (Lipinski definition) is 0. The molecule has 0 aliphatic heterocycles. The molecule has 16 heavy (non-hydrogen) atoms. The van der Waals surface area contributed by atoms with Crippen LogP contribution in [-0.4, -0.2) is 5.16 Å². The molecule has 0 amide bonds. The summed E-state index contributed by atoms with van der Waals surface area (Å²) in [5.74, 6) is 0.904. The topological polar surface area (TPSA) is 26.0 Å². The van der Waals surface area contributed by atoms with Gasteiger partial charge in [-0.1, -0.05) is 29.4 Å². The van der Waals surface area contributed by atoms with Gasteiger partial charge in [-0.2, -0.15) is 0 Å². The molecular formula is C14H15NO. The first-order chi connectivity index (χ1) is 7.84. The summed E-state index contributed by atoms with van der Waals surface area (Å²) >= 11 is 0. The van der Waals surface area contributed by atoms with E-state index >= 15 is 0 Å². The van der Waals surface area contributed by atoms with Crippen molar-refractivity contribution in [2.75, 3.05) is 0 Å².